The number of aromatic nitrogens is 3. The fourth-order valence-electron chi connectivity index (χ4n) is 3.98. The van der Waals surface area contributed by atoms with Gasteiger partial charge in [-0.25, -0.2) is 4.68 Å². The van der Waals surface area contributed by atoms with Crippen molar-refractivity contribution in [1.29, 1.82) is 0 Å². The molecule has 1 N–H and O–H groups in total. The number of aromatic hydroxyl groups is 1. The van der Waals surface area contributed by atoms with Gasteiger partial charge in [0, 0.05) is 22.5 Å². The number of nitrogens with zero attached hydrogens (tertiary/aromatic N) is 3. The normalized spacial score (nSPS) is 11.4. The lowest BCUT2D eigenvalue weighted by Crippen LogP contribution is -1.98. The molecule has 0 saturated carbocycles. The molecule has 154 valence electrons. The largest absolute Gasteiger partial charge is 0.504 e. The van der Waals surface area contributed by atoms with Crippen LogP contribution in [0, 0.1) is 20.8 Å². The van der Waals surface area contributed by atoms with E-state index in [-0.39, 0.29) is 5.75 Å². The van der Waals surface area contributed by atoms with Crippen molar-refractivity contribution in [2.24, 2.45) is 0 Å². The van der Waals surface area contributed by atoms with E-state index in [1.165, 1.54) is 16.7 Å². The zero-order valence-corrected chi connectivity index (χ0v) is 18.0. The minimum atomic E-state index is 0.100. The van der Waals surface area contributed by atoms with Gasteiger partial charge in [0.2, 0.25) is 0 Å². The van der Waals surface area contributed by atoms with Crippen molar-refractivity contribution in [3.8, 4) is 28.4 Å². The molecule has 0 aliphatic carbocycles. The Morgan fingerprint density at radius 3 is 2.48 bits per heavy atom. The Bertz CT molecular complexity index is 1470. The van der Waals surface area contributed by atoms with Crippen LogP contribution in [-0.2, 0) is 0 Å². The summed E-state index contributed by atoms with van der Waals surface area (Å²) in [5, 5.41) is 17.1. The first kappa shape index (κ1) is 19.1. The van der Waals surface area contributed by atoms with Crippen molar-refractivity contribution >= 4 is 21.8 Å². The van der Waals surface area contributed by atoms with Gasteiger partial charge in [-0.3, -0.25) is 4.98 Å². The van der Waals surface area contributed by atoms with E-state index >= 15 is 0 Å². The molecule has 0 aliphatic rings. The first-order chi connectivity index (χ1) is 15.0. The number of fused-ring (bicyclic) bond motifs is 3. The molecule has 5 aromatic rings. The van der Waals surface area contributed by atoms with E-state index in [0.717, 1.165) is 38.8 Å². The van der Waals surface area contributed by atoms with Crippen LogP contribution in [0.5, 0.6) is 11.5 Å². The van der Waals surface area contributed by atoms with Gasteiger partial charge in [-0.2, -0.15) is 5.10 Å². The number of ether oxygens (including phenoxy) is 1. The van der Waals surface area contributed by atoms with Crippen LogP contribution in [0.2, 0.25) is 0 Å². The molecule has 0 aliphatic heterocycles. The SMILES string of the molecule is COc1cc(-c2nn(-c3ccc(C)c(C)c3)c3c2cnc2ccc(C)cc23)ccc1O. The lowest BCUT2D eigenvalue weighted by Gasteiger charge is -2.09. The molecule has 0 bridgehead atoms. The van der Waals surface area contributed by atoms with Gasteiger partial charge >= 0.3 is 0 Å². The van der Waals surface area contributed by atoms with E-state index in [1.807, 2.05) is 29.1 Å². The summed E-state index contributed by atoms with van der Waals surface area (Å²) in [7, 11) is 1.54. The summed E-state index contributed by atoms with van der Waals surface area (Å²) >= 11 is 0. The number of hydrogen-bond acceptors (Lipinski definition) is 4. The molecular formula is C26H23N3O2. The Morgan fingerprint density at radius 1 is 0.871 bits per heavy atom. The third-order valence-corrected chi connectivity index (χ3v) is 5.85. The number of methoxy groups -OCH3 is 1. The van der Waals surface area contributed by atoms with E-state index in [0.29, 0.717) is 5.75 Å². The second-order valence-corrected chi connectivity index (χ2v) is 7.96. The summed E-state index contributed by atoms with van der Waals surface area (Å²) in [6.07, 6.45) is 1.88. The summed E-state index contributed by atoms with van der Waals surface area (Å²) in [5.41, 5.74) is 8.21. The monoisotopic (exact) mass is 409 g/mol. The summed E-state index contributed by atoms with van der Waals surface area (Å²) in [6.45, 7) is 6.30. The van der Waals surface area contributed by atoms with Gasteiger partial charge in [0.1, 0.15) is 5.69 Å². The highest BCUT2D eigenvalue weighted by atomic mass is 16.5. The second kappa shape index (κ2) is 7.13. The first-order valence-corrected chi connectivity index (χ1v) is 10.2. The molecule has 2 aromatic heterocycles. The molecule has 0 unspecified atom stereocenters. The Labute approximate surface area is 180 Å². The lowest BCUT2D eigenvalue weighted by molar-refractivity contribution is 0.373. The predicted molar refractivity (Wildman–Crippen MR) is 124 cm³/mol. The number of phenolic OH excluding ortho intramolecular Hbond substituents is 1. The van der Waals surface area contributed by atoms with Gasteiger partial charge in [-0.15, -0.1) is 0 Å². The number of aryl methyl sites for hydroxylation is 3. The average Bonchev–Trinajstić information content (AvgIpc) is 3.16. The van der Waals surface area contributed by atoms with Crippen LogP contribution in [0.3, 0.4) is 0 Å². The Morgan fingerprint density at radius 2 is 1.71 bits per heavy atom. The molecule has 5 heteroatoms. The maximum Gasteiger partial charge on any atom is 0.161 e. The molecule has 5 rings (SSSR count). The van der Waals surface area contributed by atoms with E-state index < -0.39 is 0 Å². The van der Waals surface area contributed by atoms with Gasteiger partial charge in [-0.1, -0.05) is 17.7 Å². The topological polar surface area (TPSA) is 60.2 Å². The van der Waals surface area contributed by atoms with Crippen LogP contribution >= 0.6 is 0 Å². The Balaban J connectivity index is 1.89. The highest BCUT2D eigenvalue weighted by Crippen LogP contribution is 2.37. The van der Waals surface area contributed by atoms with Crippen LogP contribution < -0.4 is 4.74 Å². The minimum Gasteiger partial charge on any atom is -0.504 e. The zero-order valence-electron chi connectivity index (χ0n) is 18.0. The van der Waals surface area contributed by atoms with Crippen molar-refractivity contribution in [2.75, 3.05) is 7.11 Å². The third kappa shape index (κ3) is 3.10. The van der Waals surface area contributed by atoms with Crippen LogP contribution in [0.15, 0.2) is 60.8 Å². The molecule has 0 spiro atoms. The maximum atomic E-state index is 10.0. The van der Waals surface area contributed by atoms with Gasteiger partial charge in [0.25, 0.3) is 0 Å². The van der Waals surface area contributed by atoms with Crippen molar-refractivity contribution in [2.45, 2.75) is 20.8 Å². The van der Waals surface area contributed by atoms with E-state index in [9.17, 15) is 5.11 Å². The van der Waals surface area contributed by atoms with Gasteiger partial charge in [-0.05, 0) is 74.4 Å². The Kier molecular flexibility index (Phi) is 4.40. The smallest absolute Gasteiger partial charge is 0.161 e. The summed E-state index contributed by atoms with van der Waals surface area (Å²) < 4.78 is 7.33. The minimum absolute atomic E-state index is 0.100. The number of rotatable bonds is 3. The maximum absolute atomic E-state index is 10.0. The molecule has 2 heterocycles. The van der Waals surface area contributed by atoms with Crippen LogP contribution in [0.25, 0.3) is 38.8 Å². The molecule has 0 saturated heterocycles. The highest BCUT2D eigenvalue weighted by molar-refractivity contribution is 6.09. The summed E-state index contributed by atoms with van der Waals surface area (Å²) in [4.78, 5) is 4.70. The second-order valence-electron chi connectivity index (χ2n) is 7.96. The molecule has 0 amide bonds. The van der Waals surface area contributed by atoms with Crippen molar-refractivity contribution < 1.29 is 9.84 Å². The molecule has 0 atom stereocenters. The molecule has 31 heavy (non-hydrogen) atoms. The number of pyridine rings is 1. The molecule has 3 aromatic carbocycles. The van der Waals surface area contributed by atoms with E-state index in [1.54, 1.807) is 13.2 Å². The quantitative estimate of drug-likeness (QED) is 0.404. The summed E-state index contributed by atoms with van der Waals surface area (Å²) in [6, 6.07) is 17.9. The number of hydrogen-bond donors (Lipinski definition) is 1. The highest BCUT2D eigenvalue weighted by Gasteiger charge is 2.18. The lowest BCUT2D eigenvalue weighted by atomic mass is 10.0. The van der Waals surface area contributed by atoms with Crippen molar-refractivity contribution in [3.63, 3.8) is 0 Å². The van der Waals surface area contributed by atoms with E-state index in [2.05, 4.69) is 51.1 Å². The molecular weight excluding hydrogens is 386 g/mol. The zero-order chi connectivity index (χ0) is 21.7. The fourth-order valence-corrected chi connectivity index (χ4v) is 3.98. The molecule has 0 radical (unpaired) electrons. The molecule has 5 nitrogen and oxygen atoms in total. The van der Waals surface area contributed by atoms with E-state index in [4.69, 9.17) is 14.8 Å². The number of phenols is 1. The average molecular weight is 409 g/mol. The standard InChI is InChI=1S/C26H23N3O2/c1-15-5-9-22-20(11-15)26-21(14-27-22)25(18-7-10-23(30)24(13-18)31-4)28-29(26)19-8-6-16(2)17(3)12-19/h5-14,30H,1-4H3. The fraction of sp³-hybridized carbons (Fsp3) is 0.154. The van der Waals surface area contributed by atoms with Crippen molar-refractivity contribution in [1.82, 2.24) is 14.8 Å². The predicted octanol–water partition coefficient (Wildman–Crippen LogP) is 5.88. The third-order valence-electron chi connectivity index (χ3n) is 5.85. The van der Waals surface area contributed by atoms with Gasteiger partial charge in [0.05, 0.1) is 23.8 Å². The number of benzene rings is 3. The molecule has 0 fully saturated rings. The van der Waals surface area contributed by atoms with Crippen molar-refractivity contribution in [3.05, 3.63) is 77.5 Å². The Hall–Kier alpha value is -3.86. The van der Waals surface area contributed by atoms with Crippen LogP contribution in [0.4, 0.5) is 0 Å². The van der Waals surface area contributed by atoms with Crippen LogP contribution in [0.1, 0.15) is 16.7 Å². The first-order valence-electron chi connectivity index (χ1n) is 10.2. The van der Waals surface area contributed by atoms with Crippen LogP contribution in [-0.4, -0.2) is 27.0 Å². The van der Waals surface area contributed by atoms with Gasteiger partial charge in [0.15, 0.2) is 11.5 Å². The van der Waals surface area contributed by atoms with Gasteiger partial charge < -0.3 is 9.84 Å². The summed E-state index contributed by atoms with van der Waals surface area (Å²) in [5.74, 6) is 0.513.